The Morgan fingerprint density at radius 2 is 1.88 bits per heavy atom. The zero-order chi connectivity index (χ0) is 18.8. The highest BCUT2D eigenvalue weighted by Crippen LogP contribution is 2.23. The molecule has 2 aromatic carbocycles. The van der Waals surface area contributed by atoms with Crippen LogP contribution in [0.2, 0.25) is 5.02 Å². The molecule has 8 heteroatoms. The Balaban J connectivity index is 1.76. The second-order valence-corrected chi connectivity index (χ2v) is 5.52. The molecular weight excluding hydrogens is 356 g/mol. The van der Waals surface area contributed by atoms with Crippen molar-refractivity contribution in [2.75, 3.05) is 18.5 Å². The smallest absolute Gasteiger partial charge is 0.319 e. The molecule has 0 aliphatic carbocycles. The monoisotopic (exact) mass is 374 g/mol. The topological polar surface area (TPSA) is 91.8 Å². The first-order chi connectivity index (χ1) is 12.6. The van der Waals surface area contributed by atoms with Crippen LogP contribution in [0.4, 0.5) is 10.5 Å². The molecule has 2 aromatic rings. The van der Waals surface area contributed by atoms with Crippen LogP contribution in [0.5, 0.6) is 5.75 Å². The van der Waals surface area contributed by atoms with Gasteiger partial charge in [0.15, 0.2) is 0 Å². The van der Waals surface area contributed by atoms with E-state index in [1.807, 2.05) is 6.92 Å². The number of halogens is 1. The largest absolute Gasteiger partial charge is 0.492 e. The van der Waals surface area contributed by atoms with E-state index >= 15 is 0 Å². The first-order valence-corrected chi connectivity index (χ1v) is 8.30. The molecule has 136 valence electrons. The van der Waals surface area contributed by atoms with Gasteiger partial charge in [0.25, 0.3) is 5.91 Å². The van der Waals surface area contributed by atoms with Crippen LogP contribution in [0.3, 0.4) is 0 Å². The van der Waals surface area contributed by atoms with Crippen molar-refractivity contribution in [1.29, 1.82) is 0 Å². The second kappa shape index (κ2) is 10.0. The summed E-state index contributed by atoms with van der Waals surface area (Å²) in [6, 6.07) is 13.5. The Labute approximate surface area is 156 Å². The van der Waals surface area contributed by atoms with Crippen molar-refractivity contribution in [1.82, 2.24) is 10.7 Å². The number of amides is 3. The fraction of sp³-hybridized carbons (Fsp3) is 0.167. The number of nitrogens with zero attached hydrogens (tertiary/aromatic N) is 1. The number of benzene rings is 2. The molecular formula is C18H19ClN4O3. The molecule has 7 nitrogen and oxygen atoms in total. The molecule has 0 radical (unpaired) electrons. The van der Waals surface area contributed by atoms with Crippen molar-refractivity contribution in [2.45, 2.75) is 6.92 Å². The molecule has 0 saturated heterocycles. The molecule has 0 saturated carbocycles. The van der Waals surface area contributed by atoms with Crippen LogP contribution < -0.4 is 20.8 Å². The van der Waals surface area contributed by atoms with Crippen molar-refractivity contribution in [2.24, 2.45) is 5.10 Å². The molecule has 0 aliphatic rings. The highest BCUT2D eigenvalue weighted by molar-refractivity contribution is 6.30. The molecule has 2 rings (SSSR count). The molecule has 3 N–H and O–H groups in total. The number of ether oxygens (including phenoxy) is 1. The van der Waals surface area contributed by atoms with Crippen molar-refractivity contribution in [3.63, 3.8) is 0 Å². The number of hydrogen-bond donors (Lipinski definition) is 3. The zero-order valence-corrected chi connectivity index (χ0v) is 14.9. The second-order valence-electron chi connectivity index (χ2n) is 5.08. The van der Waals surface area contributed by atoms with Crippen molar-refractivity contribution >= 4 is 35.4 Å². The highest BCUT2D eigenvalue weighted by Gasteiger charge is 2.08. The minimum absolute atomic E-state index is 0.222. The predicted molar refractivity (Wildman–Crippen MR) is 102 cm³/mol. The van der Waals surface area contributed by atoms with Gasteiger partial charge in [-0.15, -0.1) is 0 Å². The third-order valence-electron chi connectivity index (χ3n) is 3.12. The maximum atomic E-state index is 11.9. The van der Waals surface area contributed by atoms with E-state index in [1.165, 1.54) is 6.21 Å². The van der Waals surface area contributed by atoms with E-state index in [0.29, 0.717) is 23.1 Å². The fourth-order valence-electron chi connectivity index (χ4n) is 1.95. The summed E-state index contributed by atoms with van der Waals surface area (Å²) in [5.41, 5.74) is 3.63. The van der Waals surface area contributed by atoms with E-state index < -0.39 is 11.9 Å². The molecule has 0 bridgehead atoms. The summed E-state index contributed by atoms with van der Waals surface area (Å²) < 4.78 is 5.42. The lowest BCUT2D eigenvalue weighted by Gasteiger charge is -2.11. The number of carbonyl (C=O) groups is 2. The Bertz CT molecular complexity index is 778. The number of carbonyl (C=O) groups excluding carboxylic acids is 2. The Kier molecular flexibility index (Phi) is 7.45. The molecule has 0 aromatic heterocycles. The summed E-state index contributed by atoms with van der Waals surface area (Å²) in [5, 5.41) is 9.51. The van der Waals surface area contributed by atoms with Crippen LogP contribution in [0.15, 0.2) is 53.6 Å². The van der Waals surface area contributed by atoms with E-state index in [4.69, 9.17) is 16.3 Å². The quantitative estimate of drug-likeness (QED) is 0.514. The summed E-state index contributed by atoms with van der Waals surface area (Å²) in [6.45, 7) is 2.11. The summed E-state index contributed by atoms with van der Waals surface area (Å²) in [6.07, 6.45) is 1.48. The minimum atomic E-state index is -0.519. The first-order valence-electron chi connectivity index (χ1n) is 7.92. The van der Waals surface area contributed by atoms with Gasteiger partial charge in [-0.1, -0.05) is 35.9 Å². The van der Waals surface area contributed by atoms with E-state index in [2.05, 4.69) is 21.2 Å². The molecule has 0 unspecified atom stereocenters. The van der Waals surface area contributed by atoms with Crippen LogP contribution in [0.1, 0.15) is 12.5 Å². The van der Waals surface area contributed by atoms with Gasteiger partial charge in [-0.05, 0) is 36.8 Å². The third-order valence-corrected chi connectivity index (χ3v) is 3.37. The molecule has 3 amide bonds. The molecule has 0 heterocycles. The molecule has 0 spiro atoms. The van der Waals surface area contributed by atoms with Crippen LogP contribution in [-0.4, -0.2) is 31.3 Å². The Morgan fingerprint density at radius 1 is 1.15 bits per heavy atom. The first kappa shape index (κ1) is 19.3. The maximum absolute atomic E-state index is 11.9. The third kappa shape index (κ3) is 6.45. The summed E-state index contributed by atoms with van der Waals surface area (Å²) in [7, 11) is 0. The lowest BCUT2D eigenvalue weighted by atomic mass is 10.2. The van der Waals surface area contributed by atoms with E-state index in [0.717, 1.165) is 5.56 Å². The number of para-hydroxylation sites is 2. The Morgan fingerprint density at radius 3 is 2.62 bits per heavy atom. The molecule has 0 fully saturated rings. The number of nitrogens with one attached hydrogen (secondary N) is 3. The van der Waals surface area contributed by atoms with Gasteiger partial charge in [0, 0.05) is 5.02 Å². The van der Waals surface area contributed by atoms with Crippen LogP contribution in [-0.2, 0) is 4.79 Å². The average molecular weight is 375 g/mol. The number of urea groups is 1. The number of anilines is 1. The lowest BCUT2D eigenvalue weighted by molar-refractivity contribution is -0.120. The van der Waals surface area contributed by atoms with Gasteiger partial charge in [-0.25, -0.2) is 10.2 Å². The highest BCUT2D eigenvalue weighted by atomic mass is 35.5. The predicted octanol–water partition coefficient (Wildman–Crippen LogP) is 3.01. The van der Waals surface area contributed by atoms with Gasteiger partial charge in [0.2, 0.25) is 0 Å². The normalized spacial score (nSPS) is 10.4. The van der Waals surface area contributed by atoms with Crippen molar-refractivity contribution < 1.29 is 14.3 Å². The van der Waals surface area contributed by atoms with Gasteiger partial charge in [-0.2, -0.15) is 5.10 Å². The van der Waals surface area contributed by atoms with E-state index in [-0.39, 0.29) is 6.54 Å². The summed E-state index contributed by atoms with van der Waals surface area (Å²) in [4.78, 5) is 23.6. The SMILES string of the molecule is CCOc1ccccc1NC(=O)NCC(=O)N/N=C\c1ccc(Cl)cc1. The van der Waals surface area contributed by atoms with E-state index in [9.17, 15) is 9.59 Å². The summed E-state index contributed by atoms with van der Waals surface area (Å²) in [5.74, 6) is 0.102. The van der Waals surface area contributed by atoms with Gasteiger partial charge in [0.1, 0.15) is 12.3 Å². The van der Waals surface area contributed by atoms with Gasteiger partial charge >= 0.3 is 6.03 Å². The van der Waals surface area contributed by atoms with Crippen molar-refractivity contribution in [3.8, 4) is 5.75 Å². The number of hydrogen-bond acceptors (Lipinski definition) is 4. The standard InChI is InChI=1S/C18H19ClN4O3/c1-2-26-16-6-4-3-5-15(16)22-18(25)20-12-17(24)23-21-11-13-7-9-14(19)10-8-13/h3-11H,2,12H2,1H3,(H,23,24)(H2,20,22,25)/b21-11-. The number of hydrazone groups is 1. The average Bonchev–Trinajstić information content (AvgIpc) is 2.63. The molecule has 26 heavy (non-hydrogen) atoms. The van der Waals surface area contributed by atoms with Gasteiger partial charge in [0.05, 0.1) is 18.5 Å². The van der Waals surface area contributed by atoms with Crippen molar-refractivity contribution in [3.05, 3.63) is 59.1 Å². The van der Waals surface area contributed by atoms with Gasteiger partial charge < -0.3 is 15.4 Å². The minimum Gasteiger partial charge on any atom is -0.492 e. The fourth-order valence-corrected chi connectivity index (χ4v) is 2.07. The van der Waals surface area contributed by atoms with Crippen LogP contribution in [0, 0.1) is 0 Å². The van der Waals surface area contributed by atoms with Crippen LogP contribution >= 0.6 is 11.6 Å². The number of rotatable bonds is 7. The van der Waals surface area contributed by atoms with E-state index in [1.54, 1.807) is 48.5 Å². The summed E-state index contributed by atoms with van der Waals surface area (Å²) >= 11 is 5.78. The van der Waals surface area contributed by atoms with Gasteiger partial charge in [-0.3, -0.25) is 4.79 Å². The maximum Gasteiger partial charge on any atom is 0.319 e. The molecule has 0 aliphatic heterocycles. The molecule has 0 atom stereocenters. The Hall–Kier alpha value is -3.06. The zero-order valence-electron chi connectivity index (χ0n) is 14.2. The lowest BCUT2D eigenvalue weighted by Crippen LogP contribution is -2.37. The van der Waals surface area contributed by atoms with Crippen LogP contribution in [0.25, 0.3) is 0 Å².